The van der Waals surface area contributed by atoms with Crippen LogP contribution in [0, 0.1) is 13.8 Å². The first-order chi connectivity index (χ1) is 11.5. The van der Waals surface area contributed by atoms with Gasteiger partial charge in [-0.15, -0.1) is 0 Å². The van der Waals surface area contributed by atoms with Gasteiger partial charge in [0.05, 0.1) is 0 Å². The van der Waals surface area contributed by atoms with E-state index in [9.17, 15) is 9.59 Å². The van der Waals surface area contributed by atoms with E-state index in [1.54, 1.807) is 0 Å². The molecule has 1 aromatic carbocycles. The second-order valence-corrected chi connectivity index (χ2v) is 6.18. The molecule has 0 atom stereocenters. The van der Waals surface area contributed by atoms with Crippen LogP contribution in [0.25, 0.3) is 11.0 Å². The van der Waals surface area contributed by atoms with Crippen LogP contribution in [0.4, 0.5) is 0 Å². The topological polar surface area (TPSA) is 79.5 Å². The van der Waals surface area contributed by atoms with Crippen LogP contribution in [0.1, 0.15) is 60.2 Å². The molecule has 0 aliphatic carbocycles. The van der Waals surface area contributed by atoms with Crippen molar-refractivity contribution in [3.8, 4) is 0 Å². The van der Waals surface area contributed by atoms with Crippen molar-refractivity contribution in [2.24, 2.45) is 0 Å². The lowest BCUT2D eigenvalue weighted by molar-refractivity contribution is -0.137. The quantitative estimate of drug-likeness (QED) is 0.675. The number of carbonyl (C=O) groups excluding carboxylic acids is 1. The van der Waals surface area contributed by atoms with Gasteiger partial charge in [-0.2, -0.15) is 0 Å². The molecule has 2 aromatic rings. The Morgan fingerprint density at radius 1 is 1.08 bits per heavy atom. The summed E-state index contributed by atoms with van der Waals surface area (Å²) in [6.07, 6.45) is 4.74. The molecule has 0 radical (unpaired) electrons. The Morgan fingerprint density at radius 3 is 2.50 bits per heavy atom. The molecule has 1 heterocycles. The van der Waals surface area contributed by atoms with Gasteiger partial charge >= 0.3 is 5.97 Å². The first-order valence-corrected chi connectivity index (χ1v) is 8.49. The fraction of sp³-hybridized carbons (Fsp3) is 0.474. The minimum Gasteiger partial charge on any atom is -0.481 e. The summed E-state index contributed by atoms with van der Waals surface area (Å²) in [5.74, 6) is -0.520. The Labute approximate surface area is 142 Å². The largest absolute Gasteiger partial charge is 0.481 e. The zero-order chi connectivity index (χ0) is 17.5. The van der Waals surface area contributed by atoms with E-state index in [1.807, 2.05) is 32.0 Å². The number of furan rings is 1. The number of aliphatic carboxylic acids is 1. The van der Waals surface area contributed by atoms with Crippen molar-refractivity contribution >= 4 is 22.8 Å². The normalized spacial score (nSPS) is 10.9. The fourth-order valence-corrected chi connectivity index (χ4v) is 2.81. The molecule has 24 heavy (non-hydrogen) atoms. The second kappa shape index (κ2) is 8.52. The van der Waals surface area contributed by atoms with Crippen LogP contribution in [-0.4, -0.2) is 23.5 Å². The molecule has 2 rings (SSSR count). The summed E-state index contributed by atoms with van der Waals surface area (Å²) in [6, 6.07) is 5.90. The SMILES string of the molecule is Cc1c(C(=O)NCCCCCCCC(=O)O)oc2c(C)cccc12. The second-order valence-electron chi connectivity index (χ2n) is 6.18. The van der Waals surface area contributed by atoms with Crippen LogP contribution in [0.3, 0.4) is 0 Å². The van der Waals surface area contributed by atoms with Crippen LogP contribution >= 0.6 is 0 Å². The lowest BCUT2D eigenvalue weighted by Gasteiger charge is -2.04. The van der Waals surface area contributed by atoms with Crippen molar-refractivity contribution in [1.29, 1.82) is 0 Å². The van der Waals surface area contributed by atoms with E-state index >= 15 is 0 Å². The van der Waals surface area contributed by atoms with Gasteiger partial charge in [-0.25, -0.2) is 0 Å². The summed E-state index contributed by atoms with van der Waals surface area (Å²) >= 11 is 0. The maximum Gasteiger partial charge on any atom is 0.303 e. The third-order valence-electron chi connectivity index (χ3n) is 4.22. The van der Waals surface area contributed by atoms with E-state index in [0.29, 0.717) is 12.3 Å². The molecule has 1 amide bonds. The van der Waals surface area contributed by atoms with Gasteiger partial charge in [-0.1, -0.05) is 37.5 Å². The number of benzene rings is 1. The molecule has 0 fully saturated rings. The van der Waals surface area contributed by atoms with Gasteiger partial charge in [0.1, 0.15) is 5.58 Å². The maximum absolute atomic E-state index is 12.3. The third-order valence-corrected chi connectivity index (χ3v) is 4.22. The van der Waals surface area contributed by atoms with Gasteiger partial charge in [0, 0.05) is 23.9 Å². The molecule has 130 valence electrons. The summed E-state index contributed by atoms with van der Waals surface area (Å²) in [4.78, 5) is 22.7. The minimum absolute atomic E-state index is 0.172. The lowest BCUT2D eigenvalue weighted by Crippen LogP contribution is -2.24. The number of amides is 1. The average Bonchev–Trinajstić information content (AvgIpc) is 2.88. The van der Waals surface area contributed by atoms with Gasteiger partial charge in [-0.3, -0.25) is 9.59 Å². The van der Waals surface area contributed by atoms with E-state index in [4.69, 9.17) is 9.52 Å². The number of fused-ring (bicyclic) bond motifs is 1. The summed E-state index contributed by atoms with van der Waals surface area (Å²) in [6.45, 7) is 4.48. The highest BCUT2D eigenvalue weighted by Gasteiger charge is 2.17. The predicted molar refractivity (Wildman–Crippen MR) is 93.4 cm³/mol. The Kier molecular flexibility index (Phi) is 6.41. The van der Waals surface area contributed by atoms with Gasteiger partial charge in [-0.05, 0) is 32.3 Å². The predicted octanol–water partition coefficient (Wildman–Crippen LogP) is 4.20. The summed E-state index contributed by atoms with van der Waals surface area (Å²) in [5, 5.41) is 12.4. The molecule has 0 spiro atoms. The zero-order valence-electron chi connectivity index (χ0n) is 14.4. The summed E-state index contributed by atoms with van der Waals surface area (Å²) < 4.78 is 5.76. The van der Waals surface area contributed by atoms with Crippen LogP contribution in [0.5, 0.6) is 0 Å². The molecular formula is C19H25NO4. The van der Waals surface area contributed by atoms with Crippen molar-refractivity contribution in [3.63, 3.8) is 0 Å². The smallest absolute Gasteiger partial charge is 0.303 e. The number of hydrogen-bond donors (Lipinski definition) is 2. The molecule has 0 saturated carbocycles. The number of carboxylic acids is 1. The number of aryl methyl sites for hydroxylation is 2. The van der Waals surface area contributed by atoms with E-state index < -0.39 is 5.97 Å². The van der Waals surface area contributed by atoms with Crippen LogP contribution in [-0.2, 0) is 4.79 Å². The van der Waals surface area contributed by atoms with Gasteiger partial charge < -0.3 is 14.8 Å². The van der Waals surface area contributed by atoms with E-state index in [2.05, 4.69) is 5.32 Å². The molecule has 2 N–H and O–H groups in total. The number of para-hydroxylation sites is 1. The molecule has 5 nitrogen and oxygen atoms in total. The molecule has 0 bridgehead atoms. The molecule has 5 heteroatoms. The summed E-state index contributed by atoms with van der Waals surface area (Å²) in [7, 11) is 0. The van der Waals surface area contributed by atoms with E-state index in [0.717, 1.165) is 54.2 Å². The highest BCUT2D eigenvalue weighted by Crippen LogP contribution is 2.27. The van der Waals surface area contributed by atoms with Crippen LogP contribution in [0.15, 0.2) is 22.6 Å². The number of hydrogen-bond acceptors (Lipinski definition) is 3. The van der Waals surface area contributed by atoms with E-state index in [1.165, 1.54) is 0 Å². The van der Waals surface area contributed by atoms with Crippen molar-refractivity contribution in [1.82, 2.24) is 5.32 Å². The molecule has 1 aromatic heterocycles. The minimum atomic E-state index is -0.737. The highest BCUT2D eigenvalue weighted by molar-refractivity contribution is 5.99. The van der Waals surface area contributed by atoms with Gasteiger partial charge in [0.2, 0.25) is 0 Å². The van der Waals surface area contributed by atoms with Crippen LogP contribution < -0.4 is 5.32 Å². The first kappa shape index (κ1) is 18.0. The summed E-state index contributed by atoms with van der Waals surface area (Å²) in [5.41, 5.74) is 2.68. The molecule has 0 aliphatic heterocycles. The van der Waals surface area contributed by atoms with Crippen molar-refractivity contribution in [3.05, 3.63) is 35.1 Å². The van der Waals surface area contributed by atoms with E-state index in [-0.39, 0.29) is 12.3 Å². The standard InChI is InChI=1S/C19H25NO4/c1-13-9-8-10-15-14(2)18(24-17(13)15)19(23)20-12-7-5-3-4-6-11-16(21)22/h8-10H,3-7,11-12H2,1-2H3,(H,20,23)(H,21,22). The number of carbonyl (C=O) groups is 2. The molecule has 0 aliphatic rings. The Balaban J connectivity index is 1.76. The van der Waals surface area contributed by atoms with Crippen LogP contribution in [0.2, 0.25) is 0 Å². The molecular weight excluding hydrogens is 306 g/mol. The van der Waals surface area contributed by atoms with Crippen molar-refractivity contribution < 1.29 is 19.1 Å². The first-order valence-electron chi connectivity index (χ1n) is 8.49. The lowest BCUT2D eigenvalue weighted by atomic mass is 10.1. The Bertz CT molecular complexity index is 717. The number of unbranched alkanes of at least 4 members (excludes halogenated alkanes) is 4. The Hall–Kier alpha value is -2.30. The highest BCUT2D eigenvalue weighted by atomic mass is 16.4. The Morgan fingerprint density at radius 2 is 1.79 bits per heavy atom. The number of nitrogens with one attached hydrogen (secondary N) is 1. The zero-order valence-corrected chi connectivity index (χ0v) is 14.4. The molecule has 0 saturated heterocycles. The number of rotatable bonds is 9. The monoisotopic (exact) mass is 331 g/mol. The van der Waals surface area contributed by atoms with Gasteiger partial charge in [0.25, 0.3) is 5.91 Å². The average molecular weight is 331 g/mol. The fourth-order valence-electron chi connectivity index (χ4n) is 2.81. The number of carboxylic acid groups (broad SMARTS) is 1. The van der Waals surface area contributed by atoms with Gasteiger partial charge in [0.15, 0.2) is 5.76 Å². The van der Waals surface area contributed by atoms with Crippen molar-refractivity contribution in [2.45, 2.75) is 52.4 Å². The van der Waals surface area contributed by atoms with Crippen molar-refractivity contribution in [2.75, 3.05) is 6.54 Å². The maximum atomic E-state index is 12.3. The third kappa shape index (κ3) is 4.60. The molecule has 0 unspecified atom stereocenters.